The van der Waals surface area contributed by atoms with Gasteiger partial charge in [-0.3, -0.25) is 0 Å². The Morgan fingerprint density at radius 1 is 0.788 bits per heavy atom. The highest BCUT2D eigenvalue weighted by Gasteiger charge is 2.15. The highest BCUT2D eigenvalue weighted by Crippen LogP contribution is 2.27. The Labute approximate surface area is 188 Å². The third kappa shape index (κ3) is 5.03. The normalized spacial score (nSPS) is 10.6. The van der Waals surface area contributed by atoms with E-state index in [9.17, 15) is 9.59 Å². The molecule has 2 aromatic heterocycles. The van der Waals surface area contributed by atoms with Crippen molar-refractivity contribution in [2.45, 2.75) is 13.8 Å². The van der Waals surface area contributed by atoms with Crippen molar-refractivity contribution in [2.24, 2.45) is 0 Å². The molecule has 0 spiro atoms. The number of nitrogens with zero attached hydrogens (tertiary/aromatic N) is 4. The Hall–Kier alpha value is -4.54. The summed E-state index contributed by atoms with van der Waals surface area (Å²) in [5, 5.41) is 13.7. The molecule has 0 amide bonds. The van der Waals surface area contributed by atoms with E-state index >= 15 is 0 Å². The van der Waals surface area contributed by atoms with Crippen LogP contribution in [0.3, 0.4) is 0 Å². The second-order valence-electron chi connectivity index (χ2n) is 6.68. The summed E-state index contributed by atoms with van der Waals surface area (Å²) in [5.41, 5.74) is 2.32. The van der Waals surface area contributed by atoms with Gasteiger partial charge in [-0.25, -0.2) is 24.2 Å². The highest BCUT2D eigenvalue weighted by molar-refractivity contribution is 5.92. The van der Waals surface area contributed by atoms with Gasteiger partial charge in [0.05, 0.1) is 24.3 Å². The van der Waals surface area contributed by atoms with Gasteiger partial charge in [0.2, 0.25) is 11.3 Å². The Kier molecular flexibility index (Phi) is 6.39. The van der Waals surface area contributed by atoms with Crippen molar-refractivity contribution in [3.63, 3.8) is 0 Å². The smallest absolute Gasteiger partial charge is 0.338 e. The molecule has 0 aliphatic rings. The monoisotopic (exact) mass is 448 g/mol. The van der Waals surface area contributed by atoms with Crippen LogP contribution in [0.25, 0.3) is 11.3 Å². The van der Waals surface area contributed by atoms with Gasteiger partial charge in [-0.2, -0.15) is 0 Å². The molecule has 2 heterocycles. The largest absolute Gasteiger partial charge is 0.462 e. The van der Waals surface area contributed by atoms with Gasteiger partial charge >= 0.3 is 11.9 Å². The van der Waals surface area contributed by atoms with Gasteiger partial charge in [0.25, 0.3) is 0 Å². The van der Waals surface area contributed by atoms with Crippen LogP contribution in [0.4, 0.5) is 23.0 Å². The van der Waals surface area contributed by atoms with Crippen LogP contribution in [0.15, 0.2) is 53.2 Å². The van der Waals surface area contributed by atoms with E-state index in [1.54, 1.807) is 62.4 Å². The molecule has 0 saturated heterocycles. The van der Waals surface area contributed by atoms with Gasteiger partial charge < -0.3 is 20.1 Å². The molecular formula is C22H20N6O5. The summed E-state index contributed by atoms with van der Waals surface area (Å²) in [7, 11) is 0. The molecule has 168 valence electrons. The fourth-order valence-electron chi connectivity index (χ4n) is 2.96. The number of esters is 2. The van der Waals surface area contributed by atoms with Gasteiger partial charge in [-0.05, 0) is 60.6 Å². The summed E-state index contributed by atoms with van der Waals surface area (Å²) in [6, 6.07) is 13.5. The maximum atomic E-state index is 12.1. The van der Waals surface area contributed by atoms with Crippen LogP contribution >= 0.6 is 0 Å². The number of rotatable bonds is 8. The van der Waals surface area contributed by atoms with Crippen molar-refractivity contribution in [1.29, 1.82) is 0 Å². The van der Waals surface area contributed by atoms with Crippen LogP contribution in [0.1, 0.15) is 34.6 Å². The van der Waals surface area contributed by atoms with Crippen molar-refractivity contribution in [2.75, 3.05) is 23.8 Å². The first-order valence-electron chi connectivity index (χ1n) is 10.2. The third-order valence-corrected chi connectivity index (χ3v) is 4.39. The summed E-state index contributed by atoms with van der Waals surface area (Å²) in [6.45, 7) is 4.03. The minimum absolute atomic E-state index is 0.199. The standard InChI is InChI=1S/C22H20N6O5/c1-3-31-21(29)13-7-5-9-15(11-13)23-17-18(26-20-19(25-17)27-33-28-20)24-16-10-6-8-14(12-16)22(30)32-4-2/h5-12H,3-4H2,1-2H3,(H,23,25,27)(H,24,26,28). The Bertz CT molecular complexity index is 1210. The molecule has 33 heavy (non-hydrogen) atoms. The molecule has 2 aromatic carbocycles. The summed E-state index contributed by atoms with van der Waals surface area (Å²) in [6.07, 6.45) is 0. The van der Waals surface area contributed by atoms with E-state index in [0.717, 1.165) is 0 Å². The first-order valence-corrected chi connectivity index (χ1v) is 10.2. The molecule has 11 heteroatoms. The second kappa shape index (κ2) is 9.73. The van der Waals surface area contributed by atoms with E-state index in [4.69, 9.17) is 14.1 Å². The van der Waals surface area contributed by atoms with Crippen LogP contribution in [0, 0.1) is 0 Å². The van der Waals surface area contributed by atoms with Crippen molar-refractivity contribution >= 4 is 46.2 Å². The van der Waals surface area contributed by atoms with Crippen LogP contribution in [0.5, 0.6) is 0 Å². The molecule has 0 atom stereocenters. The average molecular weight is 448 g/mol. The summed E-state index contributed by atoms with van der Waals surface area (Å²) < 4.78 is 14.8. The molecule has 0 saturated carbocycles. The zero-order valence-electron chi connectivity index (χ0n) is 17.9. The number of carbonyl (C=O) groups is 2. The van der Waals surface area contributed by atoms with E-state index in [-0.39, 0.29) is 24.5 Å². The van der Waals surface area contributed by atoms with E-state index < -0.39 is 11.9 Å². The number of hydrogen-bond acceptors (Lipinski definition) is 11. The number of ether oxygens (including phenoxy) is 2. The second-order valence-corrected chi connectivity index (χ2v) is 6.68. The molecule has 0 aliphatic heterocycles. The fourth-order valence-corrected chi connectivity index (χ4v) is 2.96. The number of fused-ring (bicyclic) bond motifs is 1. The van der Waals surface area contributed by atoms with Gasteiger partial charge in [-0.15, -0.1) is 0 Å². The molecule has 0 aliphatic carbocycles. The minimum Gasteiger partial charge on any atom is -0.462 e. The predicted molar refractivity (Wildman–Crippen MR) is 119 cm³/mol. The number of aromatic nitrogens is 4. The SMILES string of the molecule is CCOC(=O)c1cccc(Nc2nc3nonc3nc2Nc2cccc(C(=O)OCC)c2)c1. The summed E-state index contributed by atoms with van der Waals surface area (Å²) in [5.74, 6) is -0.253. The number of nitrogens with one attached hydrogen (secondary N) is 2. The number of hydrogen-bond donors (Lipinski definition) is 2. The Morgan fingerprint density at radius 2 is 1.24 bits per heavy atom. The summed E-state index contributed by atoms with van der Waals surface area (Å²) >= 11 is 0. The minimum atomic E-state index is -0.433. The first kappa shape index (κ1) is 21.7. The molecule has 11 nitrogen and oxygen atoms in total. The van der Waals surface area contributed by atoms with Gasteiger partial charge in [-0.1, -0.05) is 12.1 Å². The van der Waals surface area contributed by atoms with Gasteiger partial charge in [0.15, 0.2) is 11.6 Å². The van der Waals surface area contributed by atoms with E-state index in [1.165, 1.54) is 0 Å². The molecule has 2 N–H and O–H groups in total. The molecule has 0 bridgehead atoms. The fraction of sp³-hybridized carbons (Fsp3) is 0.182. The lowest BCUT2D eigenvalue weighted by Gasteiger charge is -2.13. The first-order chi connectivity index (χ1) is 16.1. The van der Waals surface area contributed by atoms with E-state index in [0.29, 0.717) is 34.1 Å². The lowest BCUT2D eigenvalue weighted by atomic mass is 10.2. The zero-order valence-corrected chi connectivity index (χ0v) is 17.9. The van der Waals surface area contributed by atoms with E-state index in [1.807, 2.05) is 0 Å². The van der Waals surface area contributed by atoms with E-state index in [2.05, 4.69) is 30.9 Å². The maximum absolute atomic E-state index is 12.1. The molecule has 4 aromatic rings. The molecule has 0 radical (unpaired) electrons. The maximum Gasteiger partial charge on any atom is 0.338 e. The Morgan fingerprint density at radius 3 is 1.67 bits per heavy atom. The topological polar surface area (TPSA) is 141 Å². The van der Waals surface area contributed by atoms with Crippen LogP contribution in [0.2, 0.25) is 0 Å². The Balaban J connectivity index is 1.66. The number of benzene rings is 2. The van der Waals surface area contributed by atoms with Crippen molar-refractivity contribution in [3.05, 3.63) is 59.7 Å². The van der Waals surface area contributed by atoms with Crippen LogP contribution in [-0.2, 0) is 9.47 Å². The van der Waals surface area contributed by atoms with Gasteiger partial charge in [0, 0.05) is 11.4 Å². The summed E-state index contributed by atoms with van der Waals surface area (Å²) in [4.78, 5) is 33.0. The zero-order chi connectivity index (χ0) is 23.2. The lowest BCUT2D eigenvalue weighted by molar-refractivity contribution is 0.0517. The number of carbonyl (C=O) groups excluding carboxylic acids is 2. The molecule has 0 unspecified atom stereocenters. The number of anilines is 4. The van der Waals surface area contributed by atoms with Crippen LogP contribution < -0.4 is 10.6 Å². The quantitative estimate of drug-likeness (QED) is 0.379. The predicted octanol–water partition coefficient (Wildman–Crippen LogP) is 3.85. The van der Waals surface area contributed by atoms with Crippen LogP contribution in [-0.4, -0.2) is 45.4 Å². The third-order valence-electron chi connectivity index (χ3n) is 4.39. The molecule has 4 rings (SSSR count). The van der Waals surface area contributed by atoms with Gasteiger partial charge in [0.1, 0.15) is 0 Å². The van der Waals surface area contributed by atoms with Crippen molar-refractivity contribution in [1.82, 2.24) is 20.3 Å². The molecule has 0 fully saturated rings. The lowest BCUT2D eigenvalue weighted by Crippen LogP contribution is -2.07. The molecular weight excluding hydrogens is 428 g/mol. The van der Waals surface area contributed by atoms with Crippen molar-refractivity contribution < 1.29 is 23.7 Å². The highest BCUT2D eigenvalue weighted by atomic mass is 16.6. The average Bonchev–Trinajstić information content (AvgIpc) is 3.27. The van der Waals surface area contributed by atoms with Crippen molar-refractivity contribution in [3.8, 4) is 0 Å².